The van der Waals surface area contributed by atoms with Crippen molar-refractivity contribution in [3.05, 3.63) is 11.6 Å². The van der Waals surface area contributed by atoms with Gasteiger partial charge in [0, 0.05) is 5.41 Å². The number of ether oxygens (including phenoxy) is 2. The Hall–Kier alpha value is -1.65. The third kappa shape index (κ3) is 2.81. The van der Waals surface area contributed by atoms with E-state index in [1.165, 1.54) is 0 Å². The van der Waals surface area contributed by atoms with Crippen LogP contribution in [0.4, 0.5) is 0 Å². The maximum absolute atomic E-state index is 12.4. The van der Waals surface area contributed by atoms with E-state index in [1.807, 2.05) is 13.0 Å². The number of rotatable bonds is 4. The first-order valence-electron chi connectivity index (χ1n) is 7.90. The number of carbonyl (C=O) groups is 3. The van der Waals surface area contributed by atoms with Gasteiger partial charge in [-0.25, -0.2) is 0 Å². The predicted molar refractivity (Wildman–Crippen MR) is 79.8 cm³/mol. The summed E-state index contributed by atoms with van der Waals surface area (Å²) in [5.74, 6) is -2.03. The molecule has 5 heteroatoms. The molecule has 0 amide bonds. The molecule has 0 aliphatic heterocycles. The predicted octanol–water partition coefficient (Wildman–Crippen LogP) is 2.29. The van der Waals surface area contributed by atoms with Gasteiger partial charge in [0.1, 0.15) is 0 Å². The van der Waals surface area contributed by atoms with Gasteiger partial charge in [0.2, 0.25) is 0 Å². The van der Waals surface area contributed by atoms with Crippen molar-refractivity contribution in [2.24, 2.45) is 23.2 Å². The molecule has 5 nitrogen and oxygen atoms in total. The van der Waals surface area contributed by atoms with Crippen LogP contribution in [0.15, 0.2) is 11.6 Å². The number of ketones is 1. The molecular weight excluding hydrogens is 284 g/mol. The summed E-state index contributed by atoms with van der Waals surface area (Å²) < 4.78 is 10.3. The number of allylic oxidation sites excluding steroid dienone is 2. The monoisotopic (exact) mass is 308 g/mol. The lowest BCUT2D eigenvalue weighted by Gasteiger charge is -2.46. The zero-order valence-electron chi connectivity index (χ0n) is 13.7. The van der Waals surface area contributed by atoms with Crippen LogP contribution in [-0.2, 0) is 23.9 Å². The molecule has 22 heavy (non-hydrogen) atoms. The van der Waals surface area contributed by atoms with E-state index in [0.717, 1.165) is 0 Å². The highest BCUT2D eigenvalue weighted by molar-refractivity contribution is 6.01. The van der Waals surface area contributed by atoms with Crippen LogP contribution in [-0.4, -0.2) is 30.9 Å². The highest BCUT2D eigenvalue weighted by atomic mass is 16.5. The van der Waals surface area contributed by atoms with Gasteiger partial charge in [-0.3, -0.25) is 14.4 Å². The van der Waals surface area contributed by atoms with Crippen molar-refractivity contribution >= 4 is 17.7 Å². The molecule has 0 radical (unpaired) electrons. The second kappa shape index (κ2) is 6.23. The van der Waals surface area contributed by atoms with Crippen molar-refractivity contribution in [2.75, 3.05) is 13.2 Å². The van der Waals surface area contributed by atoms with E-state index in [4.69, 9.17) is 9.47 Å². The minimum Gasteiger partial charge on any atom is -0.466 e. The zero-order chi connectivity index (χ0) is 16.5. The topological polar surface area (TPSA) is 69.7 Å². The van der Waals surface area contributed by atoms with Crippen molar-refractivity contribution in [3.63, 3.8) is 0 Å². The van der Waals surface area contributed by atoms with Gasteiger partial charge >= 0.3 is 11.9 Å². The Labute approximate surface area is 131 Å². The lowest BCUT2D eigenvalue weighted by Crippen LogP contribution is -2.50. The molecule has 0 aromatic heterocycles. The molecule has 2 rings (SSSR count). The summed E-state index contributed by atoms with van der Waals surface area (Å²) in [5, 5.41) is 0. The SMILES string of the molecule is CCOC(=O)[C@H]1[C@@H](C(=O)OCC)C[C@@]2(C)C[C@@H]1C=C(C)C2=O. The summed E-state index contributed by atoms with van der Waals surface area (Å²) in [5.41, 5.74) is 0.0829. The van der Waals surface area contributed by atoms with E-state index in [0.29, 0.717) is 18.4 Å². The van der Waals surface area contributed by atoms with Crippen LogP contribution in [0.25, 0.3) is 0 Å². The van der Waals surface area contributed by atoms with Gasteiger partial charge in [-0.15, -0.1) is 0 Å². The van der Waals surface area contributed by atoms with Crippen LogP contribution in [0.3, 0.4) is 0 Å². The first-order chi connectivity index (χ1) is 10.3. The zero-order valence-corrected chi connectivity index (χ0v) is 13.7. The van der Waals surface area contributed by atoms with E-state index >= 15 is 0 Å². The third-order valence-corrected chi connectivity index (χ3v) is 4.77. The molecule has 0 heterocycles. The molecule has 4 atom stereocenters. The molecule has 2 aliphatic rings. The Balaban J connectivity index is 2.40. The Morgan fingerprint density at radius 1 is 1.18 bits per heavy atom. The molecular formula is C17H24O5. The molecule has 1 fully saturated rings. The van der Waals surface area contributed by atoms with Gasteiger partial charge in [-0.2, -0.15) is 0 Å². The summed E-state index contributed by atoms with van der Waals surface area (Å²) in [6.07, 6.45) is 2.76. The smallest absolute Gasteiger partial charge is 0.310 e. The third-order valence-electron chi connectivity index (χ3n) is 4.77. The maximum Gasteiger partial charge on any atom is 0.310 e. The highest BCUT2D eigenvalue weighted by Gasteiger charge is 2.54. The summed E-state index contributed by atoms with van der Waals surface area (Å²) >= 11 is 0. The standard InChI is InChI=1S/C17H24O5/c1-5-21-15(19)12-9-17(4)8-11(7-10(3)14(17)18)13(12)16(20)22-6-2/h7,11-13H,5-6,8-9H2,1-4H3/t11-,12-,13+,17+/m0/s1. The van der Waals surface area contributed by atoms with Gasteiger partial charge in [0.15, 0.2) is 5.78 Å². The first-order valence-corrected chi connectivity index (χ1v) is 7.90. The van der Waals surface area contributed by atoms with E-state index < -0.39 is 23.2 Å². The molecule has 0 unspecified atom stereocenters. The van der Waals surface area contributed by atoms with Gasteiger partial charge in [0.05, 0.1) is 25.0 Å². The Kier molecular flexibility index (Phi) is 4.73. The molecule has 0 spiro atoms. The van der Waals surface area contributed by atoms with Gasteiger partial charge in [0.25, 0.3) is 0 Å². The first kappa shape index (κ1) is 16.7. The minimum absolute atomic E-state index is 0.0698. The number of esters is 2. The fourth-order valence-electron chi connectivity index (χ4n) is 3.92. The van der Waals surface area contributed by atoms with Crippen LogP contribution < -0.4 is 0 Å². The van der Waals surface area contributed by atoms with Crippen LogP contribution in [0, 0.1) is 23.2 Å². The van der Waals surface area contributed by atoms with Crippen molar-refractivity contribution in [1.29, 1.82) is 0 Å². The molecule has 0 N–H and O–H groups in total. The van der Waals surface area contributed by atoms with Crippen LogP contribution in [0.1, 0.15) is 40.5 Å². The number of hydrogen-bond acceptors (Lipinski definition) is 5. The quantitative estimate of drug-likeness (QED) is 0.745. The van der Waals surface area contributed by atoms with Gasteiger partial charge < -0.3 is 9.47 Å². The fourth-order valence-corrected chi connectivity index (χ4v) is 3.92. The second-order valence-corrected chi connectivity index (χ2v) is 6.45. The molecule has 0 aromatic carbocycles. The molecule has 0 aromatic rings. The van der Waals surface area contributed by atoms with Crippen molar-refractivity contribution in [3.8, 4) is 0 Å². The van der Waals surface area contributed by atoms with Gasteiger partial charge in [-0.05, 0) is 45.1 Å². The molecule has 1 saturated carbocycles. The Bertz CT molecular complexity index is 521. The van der Waals surface area contributed by atoms with Crippen LogP contribution in [0.5, 0.6) is 0 Å². The van der Waals surface area contributed by atoms with Crippen molar-refractivity contribution in [1.82, 2.24) is 0 Å². The minimum atomic E-state index is -0.615. The molecule has 2 bridgehead atoms. The second-order valence-electron chi connectivity index (χ2n) is 6.45. The largest absolute Gasteiger partial charge is 0.466 e. The summed E-state index contributed by atoms with van der Waals surface area (Å²) in [4.78, 5) is 37.1. The maximum atomic E-state index is 12.4. The van der Waals surface area contributed by atoms with Gasteiger partial charge in [-0.1, -0.05) is 13.0 Å². The molecule has 2 aliphatic carbocycles. The van der Waals surface area contributed by atoms with Crippen LogP contribution >= 0.6 is 0 Å². The lowest BCUT2D eigenvalue weighted by atomic mass is 9.56. The summed E-state index contributed by atoms with van der Waals surface area (Å²) in [6, 6.07) is 0. The molecule has 122 valence electrons. The Morgan fingerprint density at radius 2 is 1.77 bits per heavy atom. The number of carbonyl (C=O) groups excluding carboxylic acids is 3. The van der Waals surface area contributed by atoms with Crippen molar-refractivity contribution < 1.29 is 23.9 Å². The lowest BCUT2D eigenvalue weighted by molar-refractivity contribution is -0.168. The summed E-state index contributed by atoms with van der Waals surface area (Å²) in [7, 11) is 0. The molecule has 0 saturated heterocycles. The Morgan fingerprint density at radius 3 is 2.36 bits per heavy atom. The normalized spacial score (nSPS) is 33.9. The average molecular weight is 308 g/mol. The average Bonchev–Trinajstić information content (AvgIpc) is 2.45. The van der Waals surface area contributed by atoms with Crippen LogP contribution in [0.2, 0.25) is 0 Å². The number of Topliss-reactive ketones (excluding diaryl/α,β-unsaturated/α-hetero) is 1. The van der Waals surface area contributed by atoms with E-state index in [2.05, 4.69) is 0 Å². The number of hydrogen-bond donors (Lipinski definition) is 0. The fraction of sp³-hybridized carbons (Fsp3) is 0.706. The van der Waals surface area contributed by atoms with E-state index in [-0.39, 0.29) is 30.9 Å². The van der Waals surface area contributed by atoms with E-state index in [9.17, 15) is 14.4 Å². The number of fused-ring (bicyclic) bond motifs is 2. The van der Waals surface area contributed by atoms with E-state index in [1.54, 1.807) is 20.8 Å². The highest BCUT2D eigenvalue weighted by Crippen LogP contribution is 2.51. The van der Waals surface area contributed by atoms with Crippen molar-refractivity contribution in [2.45, 2.75) is 40.5 Å². The summed E-state index contributed by atoms with van der Waals surface area (Å²) in [6.45, 7) is 7.67.